The number of phenolic OH excluding ortho intramolecular Hbond substituents is 1. The van der Waals surface area contributed by atoms with Gasteiger partial charge in [0.15, 0.2) is 0 Å². The van der Waals surface area contributed by atoms with Crippen LogP contribution >= 0.6 is 0 Å². The quantitative estimate of drug-likeness (QED) is 0.850. The Bertz CT molecular complexity index is 505. The van der Waals surface area contributed by atoms with E-state index in [0.717, 1.165) is 23.5 Å². The highest BCUT2D eigenvalue weighted by Crippen LogP contribution is 2.19. The topological polar surface area (TPSA) is 50.1 Å². The number of aromatic nitrogens is 2. The molecule has 0 saturated heterocycles. The lowest BCUT2D eigenvalue weighted by Gasteiger charge is -2.06. The van der Waals surface area contributed by atoms with Crippen LogP contribution in [0.25, 0.3) is 0 Å². The van der Waals surface area contributed by atoms with E-state index in [2.05, 4.69) is 17.3 Å². The van der Waals surface area contributed by atoms with Gasteiger partial charge in [-0.2, -0.15) is 5.10 Å². The summed E-state index contributed by atoms with van der Waals surface area (Å²) in [5, 5.41) is 17.3. The first-order chi connectivity index (χ1) is 8.20. The van der Waals surface area contributed by atoms with E-state index in [1.807, 2.05) is 36.0 Å². The first kappa shape index (κ1) is 11.5. The van der Waals surface area contributed by atoms with Gasteiger partial charge in [0.25, 0.3) is 0 Å². The van der Waals surface area contributed by atoms with Gasteiger partial charge in [0.05, 0.1) is 11.4 Å². The summed E-state index contributed by atoms with van der Waals surface area (Å²) < 4.78 is 1.89. The van der Waals surface area contributed by atoms with Crippen molar-refractivity contribution in [2.75, 3.05) is 5.32 Å². The zero-order valence-electron chi connectivity index (χ0n) is 10.1. The van der Waals surface area contributed by atoms with Crippen LogP contribution in [-0.4, -0.2) is 14.9 Å². The van der Waals surface area contributed by atoms with E-state index >= 15 is 0 Å². The second kappa shape index (κ2) is 4.91. The van der Waals surface area contributed by atoms with Crippen LogP contribution in [0.5, 0.6) is 5.75 Å². The summed E-state index contributed by atoms with van der Waals surface area (Å²) in [6, 6.07) is 7.33. The van der Waals surface area contributed by atoms with Crippen LogP contribution in [0.4, 0.5) is 5.69 Å². The fourth-order valence-electron chi connectivity index (χ4n) is 1.70. The monoisotopic (exact) mass is 231 g/mol. The van der Waals surface area contributed by atoms with Crippen LogP contribution in [0.2, 0.25) is 0 Å². The Morgan fingerprint density at radius 3 is 2.76 bits per heavy atom. The summed E-state index contributed by atoms with van der Waals surface area (Å²) in [5.41, 5.74) is 2.87. The molecule has 0 aliphatic rings. The van der Waals surface area contributed by atoms with E-state index in [1.54, 1.807) is 6.07 Å². The first-order valence-corrected chi connectivity index (χ1v) is 5.75. The third-order valence-corrected chi connectivity index (χ3v) is 2.73. The molecular weight excluding hydrogens is 214 g/mol. The number of para-hydroxylation sites is 1. The summed E-state index contributed by atoms with van der Waals surface area (Å²) >= 11 is 0. The van der Waals surface area contributed by atoms with Crippen molar-refractivity contribution >= 4 is 5.69 Å². The number of rotatable bonds is 4. The molecule has 0 spiro atoms. The molecule has 1 aromatic heterocycles. The van der Waals surface area contributed by atoms with Crippen molar-refractivity contribution in [1.82, 2.24) is 9.78 Å². The molecule has 4 heteroatoms. The summed E-state index contributed by atoms with van der Waals surface area (Å²) in [6.45, 7) is 5.49. The maximum Gasteiger partial charge on any atom is 0.120 e. The van der Waals surface area contributed by atoms with Gasteiger partial charge in [0.2, 0.25) is 0 Å². The van der Waals surface area contributed by atoms with Crippen molar-refractivity contribution in [3.8, 4) is 5.75 Å². The van der Waals surface area contributed by atoms with Gasteiger partial charge in [-0.25, -0.2) is 0 Å². The Balaban J connectivity index is 2.07. The van der Waals surface area contributed by atoms with Gasteiger partial charge < -0.3 is 10.4 Å². The van der Waals surface area contributed by atoms with E-state index in [4.69, 9.17) is 0 Å². The van der Waals surface area contributed by atoms with Crippen LogP contribution in [0.15, 0.2) is 30.5 Å². The maximum absolute atomic E-state index is 9.65. The molecule has 1 heterocycles. The number of nitrogens with one attached hydrogen (secondary N) is 1. The normalized spacial score (nSPS) is 10.5. The fourth-order valence-corrected chi connectivity index (χ4v) is 1.70. The van der Waals surface area contributed by atoms with Crippen LogP contribution in [0.1, 0.15) is 18.2 Å². The molecule has 0 unspecified atom stereocenters. The van der Waals surface area contributed by atoms with E-state index in [0.29, 0.717) is 12.3 Å². The minimum absolute atomic E-state index is 0.320. The standard InChI is InChI=1S/C13H17N3O/c1-3-16-9-12(10(2)15-16)14-8-11-6-4-5-7-13(11)17/h4-7,9,14,17H,3,8H2,1-2H3. The highest BCUT2D eigenvalue weighted by Gasteiger charge is 2.04. The molecule has 0 saturated carbocycles. The minimum atomic E-state index is 0.320. The Morgan fingerprint density at radius 1 is 1.35 bits per heavy atom. The van der Waals surface area contributed by atoms with Crippen molar-refractivity contribution in [1.29, 1.82) is 0 Å². The number of phenols is 1. The lowest BCUT2D eigenvalue weighted by Crippen LogP contribution is -1.99. The molecule has 0 aliphatic heterocycles. The minimum Gasteiger partial charge on any atom is -0.508 e. The van der Waals surface area contributed by atoms with Crippen molar-refractivity contribution in [2.24, 2.45) is 0 Å². The second-order valence-electron chi connectivity index (χ2n) is 3.97. The second-order valence-corrected chi connectivity index (χ2v) is 3.97. The predicted molar refractivity (Wildman–Crippen MR) is 68.1 cm³/mol. The Labute approximate surface area is 101 Å². The predicted octanol–water partition coefficient (Wildman–Crippen LogP) is 2.53. The van der Waals surface area contributed by atoms with Gasteiger partial charge in [0, 0.05) is 24.8 Å². The number of aromatic hydroxyl groups is 1. The van der Waals surface area contributed by atoms with Gasteiger partial charge in [-0.3, -0.25) is 4.68 Å². The molecule has 0 bridgehead atoms. The lowest BCUT2D eigenvalue weighted by molar-refractivity contribution is 0.469. The molecule has 90 valence electrons. The van der Waals surface area contributed by atoms with Gasteiger partial charge in [-0.05, 0) is 19.9 Å². The van der Waals surface area contributed by atoms with E-state index in [-0.39, 0.29) is 0 Å². The average Bonchev–Trinajstić information content (AvgIpc) is 2.69. The molecule has 0 fully saturated rings. The summed E-state index contributed by atoms with van der Waals surface area (Å²) in [7, 11) is 0. The van der Waals surface area contributed by atoms with Gasteiger partial charge in [-0.15, -0.1) is 0 Å². The molecule has 2 N–H and O–H groups in total. The smallest absolute Gasteiger partial charge is 0.120 e. The molecule has 1 aromatic carbocycles. The maximum atomic E-state index is 9.65. The lowest BCUT2D eigenvalue weighted by atomic mass is 10.2. The zero-order valence-corrected chi connectivity index (χ0v) is 10.1. The van der Waals surface area contributed by atoms with Crippen LogP contribution in [0, 0.1) is 6.92 Å². The molecule has 2 rings (SSSR count). The summed E-state index contributed by atoms with van der Waals surface area (Å²) in [4.78, 5) is 0. The number of hydrogen-bond acceptors (Lipinski definition) is 3. The number of hydrogen-bond donors (Lipinski definition) is 2. The molecular formula is C13H17N3O. The number of nitrogens with zero attached hydrogens (tertiary/aromatic N) is 2. The molecule has 0 radical (unpaired) electrons. The molecule has 0 amide bonds. The van der Waals surface area contributed by atoms with Gasteiger partial charge in [0.1, 0.15) is 5.75 Å². The molecule has 2 aromatic rings. The molecule has 0 atom stereocenters. The average molecular weight is 231 g/mol. The highest BCUT2D eigenvalue weighted by molar-refractivity contribution is 5.47. The van der Waals surface area contributed by atoms with Gasteiger partial charge >= 0.3 is 0 Å². The van der Waals surface area contributed by atoms with Crippen molar-refractivity contribution < 1.29 is 5.11 Å². The van der Waals surface area contributed by atoms with E-state index in [1.165, 1.54) is 0 Å². The zero-order chi connectivity index (χ0) is 12.3. The Hall–Kier alpha value is -1.97. The van der Waals surface area contributed by atoms with Crippen LogP contribution in [-0.2, 0) is 13.1 Å². The molecule has 4 nitrogen and oxygen atoms in total. The van der Waals surface area contributed by atoms with Crippen LogP contribution < -0.4 is 5.32 Å². The summed E-state index contributed by atoms with van der Waals surface area (Å²) in [6.07, 6.45) is 1.98. The summed E-state index contributed by atoms with van der Waals surface area (Å²) in [5.74, 6) is 0.320. The highest BCUT2D eigenvalue weighted by atomic mass is 16.3. The third-order valence-electron chi connectivity index (χ3n) is 2.73. The number of anilines is 1. The fraction of sp³-hybridized carbons (Fsp3) is 0.308. The van der Waals surface area contributed by atoms with E-state index < -0.39 is 0 Å². The Kier molecular flexibility index (Phi) is 3.32. The van der Waals surface area contributed by atoms with Gasteiger partial charge in [-0.1, -0.05) is 18.2 Å². The largest absolute Gasteiger partial charge is 0.508 e. The Morgan fingerprint density at radius 2 is 2.12 bits per heavy atom. The number of aryl methyl sites for hydroxylation is 2. The number of benzene rings is 1. The van der Waals surface area contributed by atoms with Crippen molar-refractivity contribution in [3.05, 3.63) is 41.7 Å². The van der Waals surface area contributed by atoms with Crippen LogP contribution in [0.3, 0.4) is 0 Å². The SMILES string of the molecule is CCn1cc(NCc2ccccc2O)c(C)n1. The van der Waals surface area contributed by atoms with E-state index in [9.17, 15) is 5.11 Å². The first-order valence-electron chi connectivity index (χ1n) is 5.75. The molecule has 17 heavy (non-hydrogen) atoms. The van der Waals surface area contributed by atoms with Crippen molar-refractivity contribution in [2.45, 2.75) is 26.9 Å². The van der Waals surface area contributed by atoms with Crippen molar-refractivity contribution in [3.63, 3.8) is 0 Å². The third kappa shape index (κ3) is 2.58. The molecule has 0 aliphatic carbocycles.